The minimum atomic E-state index is -4.93. The lowest BCUT2D eigenvalue weighted by atomic mass is 9.99. The minimum Gasteiger partial charge on any atom is -0.392 e. The zero-order valence-electron chi connectivity index (χ0n) is 19.2. The smallest absolute Gasteiger partial charge is 0.392 e. The maximum atomic E-state index is 14.6. The summed E-state index contributed by atoms with van der Waals surface area (Å²) >= 11 is 0. The molecule has 2 heterocycles. The molecule has 0 spiro atoms. The van der Waals surface area contributed by atoms with Gasteiger partial charge in [-0.15, -0.1) is 0 Å². The average Bonchev–Trinajstić information content (AvgIpc) is 2.76. The Kier molecular flexibility index (Phi) is 7.27. The second-order valence-corrected chi connectivity index (χ2v) is 10.6. The van der Waals surface area contributed by atoms with E-state index >= 15 is 0 Å². The first-order valence-corrected chi connectivity index (χ1v) is 12.4. The molecule has 1 aromatic carbocycles. The second-order valence-electron chi connectivity index (χ2n) is 8.58. The van der Waals surface area contributed by atoms with Crippen LogP contribution in [0.5, 0.6) is 0 Å². The summed E-state index contributed by atoms with van der Waals surface area (Å²) in [6.07, 6.45) is -3.27. The SMILES string of the molecule is CC(C)[C@@H]1CN(c2cc(F)c(CO)c(S(C)(=O)=O)c2)CCN1c1ncc(C(N)=O)c(C(F)(F)F)n1. The number of halogens is 4. The number of primary amides is 1. The molecule has 2 aromatic rings. The fourth-order valence-electron chi connectivity index (χ4n) is 4.04. The molecular weight excluding hydrogens is 494 g/mol. The van der Waals surface area contributed by atoms with Crippen LogP contribution in [0.15, 0.2) is 23.2 Å². The van der Waals surface area contributed by atoms with Gasteiger partial charge >= 0.3 is 6.18 Å². The van der Waals surface area contributed by atoms with Crippen LogP contribution in [0.25, 0.3) is 0 Å². The van der Waals surface area contributed by atoms with Crippen LogP contribution in [0.3, 0.4) is 0 Å². The number of nitrogens with two attached hydrogens (primary N) is 1. The number of alkyl halides is 3. The number of carbonyl (C=O) groups excluding carboxylic acids is 1. The molecule has 1 aromatic heterocycles. The predicted molar refractivity (Wildman–Crippen MR) is 119 cm³/mol. The van der Waals surface area contributed by atoms with Crippen LogP contribution < -0.4 is 15.5 Å². The molecule has 1 amide bonds. The molecule has 14 heteroatoms. The monoisotopic (exact) mass is 519 g/mol. The molecule has 192 valence electrons. The van der Waals surface area contributed by atoms with E-state index in [1.165, 1.54) is 6.07 Å². The largest absolute Gasteiger partial charge is 0.434 e. The zero-order valence-corrected chi connectivity index (χ0v) is 20.0. The van der Waals surface area contributed by atoms with Gasteiger partial charge in [-0.3, -0.25) is 4.79 Å². The number of benzene rings is 1. The van der Waals surface area contributed by atoms with Crippen LogP contribution >= 0.6 is 0 Å². The number of amides is 1. The number of aliphatic hydroxyl groups excluding tert-OH is 1. The molecule has 0 unspecified atom stereocenters. The summed E-state index contributed by atoms with van der Waals surface area (Å²) in [4.78, 5) is 21.9. The van der Waals surface area contributed by atoms with Crippen molar-refractivity contribution in [3.8, 4) is 0 Å². The van der Waals surface area contributed by atoms with Crippen molar-refractivity contribution in [2.75, 3.05) is 35.7 Å². The second kappa shape index (κ2) is 9.57. The number of rotatable bonds is 6. The van der Waals surface area contributed by atoms with E-state index in [4.69, 9.17) is 5.73 Å². The van der Waals surface area contributed by atoms with Crippen LogP contribution in [0, 0.1) is 11.7 Å². The van der Waals surface area contributed by atoms with Crippen molar-refractivity contribution in [1.29, 1.82) is 0 Å². The third-order valence-corrected chi connectivity index (χ3v) is 6.98. The van der Waals surface area contributed by atoms with Gasteiger partial charge in [-0.05, 0) is 18.1 Å². The zero-order chi connectivity index (χ0) is 26.3. The van der Waals surface area contributed by atoms with E-state index < -0.39 is 51.6 Å². The Labute approximate surface area is 199 Å². The normalized spacial score (nSPS) is 17.2. The molecule has 1 saturated heterocycles. The van der Waals surface area contributed by atoms with E-state index in [1.54, 1.807) is 9.80 Å². The summed E-state index contributed by atoms with van der Waals surface area (Å²) in [5, 5.41) is 9.43. The van der Waals surface area contributed by atoms with Gasteiger partial charge in [0.2, 0.25) is 5.95 Å². The lowest BCUT2D eigenvalue weighted by Gasteiger charge is -2.44. The molecule has 9 nitrogen and oxygen atoms in total. The van der Waals surface area contributed by atoms with Gasteiger partial charge in [0, 0.05) is 43.3 Å². The fourth-order valence-corrected chi connectivity index (χ4v) is 4.98. The van der Waals surface area contributed by atoms with Crippen molar-refractivity contribution in [2.45, 2.75) is 37.6 Å². The first-order chi connectivity index (χ1) is 16.1. The number of carbonyl (C=O) groups is 1. The standard InChI is InChI=1S/C21H25F4N5O4S/c1-11(2)16-9-29(12-6-15(22)14(10-31)17(7-12)35(3,33)34)4-5-30(16)20-27-8-13(19(26)32)18(28-20)21(23,24)25/h6-8,11,16,31H,4-5,9-10H2,1-3H3,(H2,26,32)/t16-/m0/s1. The highest BCUT2D eigenvalue weighted by Crippen LogP contribution is 2.34. The van der Waals surface area contributed by atoms with E-state index in [2.05, 4.69) is 9.97 Å². The van der Waals surface area contributed by atoms with E-state index in [-0.39, 0.29) is 47.6 Å². The first kappa shape index (κ1) is 26.6. The van der Waals surface area contributed by atoms with Gasteiger partial charge in [0.15, 0.2) is 15.5 Å². The number of nitrogens with zero attached hydrogens (tertiary/aromatic N) is 4. The van der Waals surface area contributed by atoms with Crippen LogP contribution in [0.2, 0.25) is 0 Å². The summed E-state index contributed by atoms with van der Waals surface area (Å²) in [6, 6.07) is 1.95. The van der Waals surface area contributed by atoms with Gasteiger partial charge in [-0.1, -0.05) is 13.8 Å². The molecule has 1 aliphatic rings. The lowest BCUT2D eigenvalue weighted by molar-refractivity contribution is -0.141. The Hall–Kier alpha value is -3.00. The fraction of sp³-hybridized carbons (Fsp3) is 0.476. The number of aliphatic hydroxyl groups is 1. The summed E-state index contributed by atoms with van der Waals surface area (Å²) in [7, 11) is -3.84. The highest BCUT2D eigenvalue weighted by molar-refractivity contribution is 7.90. The maximum Gasteiger partial charge on any atom is 0.434 e. The van der Waals surface area contributed by atoms with Crippen LogP contribution in [0.4, 0.5) is 29.2 Å². The van der Waals surface area contributed by atoms with Gasteiger partial charge in [0.1, 0.15) is 5.82 Å². The van der Waals surface area contributed by atoms with Gasteiger partial charge in [-0.2, -0.15) is 13.2 Å². The highest BCUT2D eigenvalue weighted by Gasteiger charge is 2.39. The Morgan fingerprint density at radius 3 is 2.46 bits per heavy atom. The molecule has 1 aliphatic heterocycles. The van der Waals surface area contributed by atoms with Gasteiger partial charge in [0.25, 0.3) is 5.91 Å². The van der Waals surface area contributed by atoms with Gasteiger partial charge in [0.05, 0.1) is 23.1 Å². The van der Waals surface area contributed by atoms with Crippen molar-refractivity contribution in [2.24, 2.45) is 11.7 Å². The Morgan fingerprint density at radius 1 is 1.29 bits per heavy atom. The molecule has 1 fully saturated rings. The van der Waals surface area contributed by atoms with E-state index in [0.29, 0.717) is 0 Å². The van der Waals surface area contributed by atoms with E-state index in [0.717, 1.165) is 18.5 Å². The van der Waals surface area contributed by atoms with Crippen LogP contribution in [-0.2, 0) is 22.6 Å². The summed E-state index contributed by atoms with van der Waals surface area (Å²) in [5.41, 5.74) is 2.70. The molecular formula is C21H25F4N5O4S. The molecule has 0 aliphatic carbocycles. The molecule has 0 saturated carbocycles. The van der Waals surface area contributed by atoms with Crippen LogP contribution in [-0.4, -0.2) is 61.3 Å². The van der Waals surface area contributed by atoms with E-state index in [1.807, 2.05) is 13.8 Å². The number of anilines is 2. The molecule has 3 rings (SSSR count). The molecule has 3 N–H and O–H groups in total. The highest BCUT2D eigenvalue weighted by atomic mass is 32.2. The van der Waals surface area contributed by atoms with E-state index in [9.17, 15) is 35.9 Å². The molecule has 0 bridgehead atoms. The van der Waals surface area contributed by atoms with Gasteiger partial charge < -0.3 is 20.6 Å². The first-order valence-electron chi connectivity index (χ1n) is 10.5. The molecule has 0 radical (unpaired) electrons. The Balaban J connectivity index is 2.00. The quantitative estimate of drug-likeness (QED) is 0.555. The molecule has 35 heavy (non-hydrogen) atoms. The Bertz CT molecular complexity index is 1240. The third kappa shape index (κ3) is 5.48. The average molecular weight is 520 g/mol. The van der Waals surface area contributed by atoms with Crippen molar-refractivity contribution in [1.82, 2.24) is 9.97 Å². The van der Waals surface area contributed by atoms with Crippen LogP contribution in [0.1, 0.15) is 35.5 Å². The van der Waals surface area contributed by atoms with Crippen molar-refractivity contribution >= 4 is 27.4 Å². The summed E-state index contributed by atoms with van der Waals surface area (Å²) in [5.74, 6) is -2.54. The number of hydrogen-bond donors (Lipinski definition) is 2. The summed E-state index contributed by atoms with van der Waals surface area (Å²) in [6.45, 7) is 3.39. The molecule has 1 atom stereocenters. The third-order valence-electron chi connectivity index (χ3n) is 5.82. The number of aromatic nitrogens is 2. The topological polar surface area (TPSA) is 130 Å². The van der Waals surface area contributed by atoms with Crippen molar-refractivity contribution in [3.63, 3.8) is 0 Å². The van der Waals surface area contributed by atoms with Crippen molar-refractivity contribution in [3.05, 3.63) is 41.0 Å². The summed E-state index contributed by atoms with van der Waals surface area (Å²) < 4.78 is 79.4. The number of piperazine rings is 1. The number of sulfone groups is 1. The lowest BCUT2D eigenvalue weighted by Crippen LogP contribution is -2.56. The maximum absolute atomic E-state index is 14.6. The predicted octanol–water partition coefficient (Wildman–Crippen LogP) is 1.98. The Morgan fingerprint density at radius 2 is 1.94 bits per heavy atom. The van der Waals surface area contributed by atoms with Gasteiger partial charge in [-0.25, -0.2) is 22.8 Å². The minimum absolute atomic E-state index is 0.123. The van der Waals surface area contributed by atoms with Crippen molar-refractivity contribution < 1.29 is 35.9 Å². The number of hydrogen-bond acceptors (Lipinski definition) is 8.